The molecule has 1 aliphatic rings. The molecule has 7 nitrogen and oxygen atoms in total. The Balaban J connectivity index is 1.70. The van der Waals surface area contributed by atoms with Crippen molar-refractivity contribution in [1.82, 2.24) is 10.2 Å². The molecule has 160 valence electrons. The van der Waals surface area contributed by atoms with Gasteiger partial charge in [-0.15, -0.1) is 0 Å². The average Bonchev–Trinajstić information content (AvgIpc) is 2.66. The van der Waals surface area contributed by atoms with E-state index in [1.165, 1.54) is 0 Å². The highest BCUT2D eigenvalue weighted by Gasteiger charge is 2.24. The molecule has 0 saturated carbocycles. The van der Waals surface area contributed by atoms with Crippen LogP contribution in [0.5, 0.6) is 0 Å². The fraction of sp³-hybridized carbons (Fsp3) is 0.391. The number of carbonyl (C=O) groups excluding carboxylic acids is 2. The molecule has 0 fully saturated rings. The van der Waals surface area contributed by atoms with E-state index in [1.807, 2.05) is 56.3 Å². The van der Waals surface area contributed by atoms with Crippen LogP contribution in [-0.4, -0.2) is 40.6 Å². The molecule has 3 amide bonds. The van der Waals surface area contributed by atoms with E-state index in [-0.39, 0.29) is 12.3 Å². The van der Waals surface area contributed by atoms with E-state index in [4.69, 9.17) is 5.73 Å². The molecule has 30 heavy (non-hydrogen) atoms. The van der Waals surface area contributed by atoms with Crippen LogP contribution >= 0.6 is 0 Å². The molecule has 1 aliphatic heterocycles. The number of benzene rings is 2. The smallest absolute Gasteiger partial charge is 0.312 e. The monoisotopic (exact) mass is 410 g/mol. The lowest BCUT2D eigenvalue weighted by Crippen LogP contribution is -2.41. The fourth-order valence-electron chi connectivity index (χ4n) is 3.96. The Bertz CT molecular complexity index is 893. The van der Waals surface area contributed by atoms with Crippen LogP contribution in [0.3, 0.4) is 0 Å². The molecule has 7 heteroatoms. The molecule has 0 saturated heterocycles. The number of nitrogens with zero attached hydrogens (tertiary/aromatic N) is 1. The number of aliphatic hydroxyl groups is 1. The Morgan fingerprint density at radius 2 is 1.90 bits per heavy atom. The molecule has 1 unspecified atom stereocenters. The van der Waals surface area contributed by atoms with Crippen molar-refractivity contribution in [3.8, 4) is 0 Å². The number of hydrogen-bond donors (Lipinski definition) is 4. The van der Waals surface area contributed by atoms with E-state index < -0.39 is 17.7 Å². The van der Waals surface area contributed by atoms with E-state index in [9.17, 15) is 14.7 Å². The van der Waals surface area contributed by atoms with Crippen molar-refractivity contribution in [3.05, 3.63) is 65.2 Å². The minimum atomic E-state index is -0.747. The molecule has 0 aliphatic carbocycles. The van der Waals surface area contributed by atoms with Crippen molar-refractivity contribution in [2.24, 2.45) is 5.73 Å². The van der Waals surface area contributed by atoms with Gasteiger partial charge in [-0.2, -0.15) is 0 Å². The molecular weight excluding hydrogens is 380 g/mol. The number of anilines is 1. The lowest BCUT2D eigenvalue weighted by molar-refractivity contribution is -0.116. The average molecular weight is 411 g/mol. The Morgan fingerprint density at radius 3 is 2.57 bits per heavy atom. The number of nitrogens with one attached hydrogen (secondary N) is 2. The highest BCUT2D eigenvalue weighted by molar-refractivity contribution is 5.92. The third kappa shape index (κ3) is 6.05. The number of nitrogens with two attached hydrogens (primary N) is 1. The minimum absolute atomic E-state index is 0.0848. The zero-order chi connectivity index (χ0) is 21.7. The van der Waals surface area contributed by atoms with Crippen LogP contribution in [0.4, 0.5) is 10.5 Å². The molecule has 0 aromatic heterocycles. The van der Waals surface area contributed by atoms with Crippen LogP contribution in [0.15, 0.2) is 48.5 Å². The van der Waals surface area contributed by atoms with Crippen molar-refractivity contribution < 1.29 is 14.7 Å². The lowest BCUT2D eigenvalue weighted by atomic mass is 9.96. The number of rotatable bonds is 7. The number of carbonyl (C=O) groups is 2. The zero-order valence-corrected chi connectivity index (χ0v) is 17.5. The topological polar surface area (TPSA) is 108 Å². The van der Waals surface area contributed by atoms with Crippen LogP contribution in [-0.2, 0) is 17.8 Å². The summed E-state index contributed by atoms with van der Waals surface area (Å²) in [5.74, 6) is -0.190. The molecule has 2 aromatic carbocycles. The third-order valence-corrected chi connectivity index (χ3v) is 5.14. The van der Waals surface area contributed by atoms with Gasteiger partial charge in [0.15, 0.2) is 0 Å². The fourth-order valence-corrected chi connectivity index (χ4v) is 3.96. The van der Waals surface area contributed by atoms with Crippen LogP contribution in [0.25, 0.3) is 0 Å². The molecule has 2 aromatic rings. The Labute approximate surface area is 177 Å². The molecule has 1 heterocycles. The summed E-state index contributed by atoms with van der Waals surface area (Å²) < 4.78 is 0. The van der Waals surface area contributed by atoms with Crippen LogP contribution in [0.2, 0.25) is 0 Å². The number of β-amino-alcohol motifs (C(OH)–C–C–N with tert-alkyl or cyclic N) is 1. The van der Waals surface area contributed by atoms with Crippen molar-refractivity contribution in [2.45, 2.75) is 44.9 Å². The van der Waals surface area contributed by atoms with E-state index in [0.717, 1.165) is 41.9 Å². The predicted molar refractivity (Wildman–Crippen MR) is 117 cm³/mol. The maximum absolute atomic E-state index is 12.8. The highest BCUT2D eigenvalue weighted by Crippen LogP contribution is 2.28. The molecule has 3 rings (SSSR count). The number of amides is 3. The van der Waals surface area contributed by atoms with E-state index in [0.29, 0.717) is 6.54 Å². The van der Waals surface area contributed by atoms with Gasteiger partial charge in [0, 0.05) is 25.3 Å². The quantitative estimate of drug-likeness (QED) is 0.563. The second-order valence-corrected chi connectivity index (χ2v) is 8.44. The summed E-state index contributed by atoms with van der Waals surface area (Å²) in [6, 6.07) is 14.0. The van der Waals surface area contributed by atoms with Gasteiger partial charge in [-0.1, -0.05) is 42.5 Å². The molecule has 5 N–H and O–H groups in total. The van der Waals surface area contributed by atoms with Crippen molar-refractivity contribution in [3.63, 3.8) is 0 Å². The van der Waals surface area contributed by atoms with Crippen molar-refractivity contribution in [1.29, 1.82) is 0 Å². The predicted octanol–water partition coefficient (Wildman–Crippen LogP) is 2.55. The zero-order valence-electron chi connectivity index (χ0n) is 17.5. The molecule has 0 radical (unpaired) electrons. The first-order valence-corrected chi connectivity index (χ1v) is 10.2. The van der Waals surface area contributed by atoms with Gasteiger partial charge >= 0.3 is 6.03 Å². The Morgan fingerprint density at radius 1 is 1.17 bits per heavy atom. The summed E-state index contributed by atoms with van der Waals surface area (Å²) in [5, 5.41) is 15.8. The van der Waals surface area contributed by atoms with Gasteiger partial charge < -0.3 is 21.5 Å². The van der Waals surface area contributed by atoms with E-state index >= 15 is 0 Å². The summed E-state index contributed by atoms with van der Waals surface area (Å²) in [5.41, 5.74) is 8.45. The van der Waals surface area contributed by atoms with E-state index in [2.05, 4.69) is 21.6 Å². The summed E-state index contributed by atoms with van der Waals surface area (Å²) >= 11 is 0. The normalized spacial score (nSPS) is 15.2. The Kier molecular flexibility index (Phi) is 6.74. The largest absolute Gasteiger partial charge is 0.389 e. The van der Waals surface area contributed by atoms with Gasteiger partial charge in [-0.25, -0.2) is 4.79 Å². The first-order valence-electron chi connectivity index (χ1n) is 10.2. The second-order valence-electron chi connectivity index (χ2n) is 8.44. The standard InChI is InChI=1S/C23H30N4O3/c1-23(2,30)15-27-12-11-18-17(14-27)9-6-10-19(18)25-21(28)13-20(26-22(24)29)16-7-4-3-5-8-16/h3-10,20,30H,11-15H2,1-2H3,(H,25,28)(H3,24,26,29). The molecular formula is C23H30N4O3. The van der Waals surface area contributed by atoms with Gasteiger partial charge in [0.2, 0.25) is 5.91 Å². The Hall–Kier alpha value is -2.90. The minimum Gasteiger partial charge on any atom is -0.389 e. The van der Waals surface area contributed by atoms with E-state index in [1.54, 1.807) is 0 Å². The van der Waals surface area contributed by atoms with Gasteiger partial charge in [0.05, 0.1) is 18.1 Å². The lowest BCUT2D eigenvalue weighted by Gasteiger charge is -2.33. The number of urea groups is 1. The van der Waals surface area contributed by atoms with Gasteiger partial charge in [-0.3, -0.25) is 9.69 Å². The molecule has 1 atom stereocenters. The van der Waals surface area contributed by atoms with Gasteiger partial charge in [0.1, 0.15) is 0 Å². The van der Waals surface area contributed by atoms with Crippen molar-refractivity contribution in [2.75, 3.05) is 18.4 Å². The molecule has 0 spiro atoms. The van der Waals surface area contributed by atoms with Crippen LogP contribution < -0.4 is 16.4 Å². The number of fused-ring (bicyclic) bond motifs is 1. The SMILES string of the molecule is CC(C)(O)CN1CCc2c(cccc2NC(=O)CC(NC(N)=O)c2ccccc2)C1. The van der Waals surface area contributed by atoms with Gasteiger partial charge in [-0.05, 0) is 43.0 Å². The number of primary amides is 1. The maximum Gasteiger partial charge on any atom is 0.312 e. The first kappa shape index (κ1) is 21.8. The van der Waals surface area contributed by atoms with Crippen LogP contribution in [0, 0.1) is 0 Å². The maximum atomic E-state index is 12.8. The van der Waals surface area contributed by atoms with Crippen LogP contribution in [0.1, 0.15) is 43.0 Å². The highest BCUT2D eigenvalue weighted by atomic mass is 16.3. The third-order valence-electron chi connectivity index (χ3n) is 5.14. The summed E-state index contributed by atoms with van der Waals surface area (Å²) in [6.45, 7) is 5.77. The molecule has 0 bridgehead atoms. The first-order chi connectivity index (χ1) is 14.2. The second kappa shape index (κ2) is 9.28. The number of hydrogen-bond acceptors (Lipinski definition) is 4. The van der Waals surface area contributed by atoms with Crippen molar-refractivity contribution >= 4 is 17.6 Å². The van der Waals surface area contributed by atoms with Gasteiger partial charge in [0.25, 0.3) is 0 Å². The summed E-state index contributed by atoms with van der Waals surface area (Å²) in [4.78, 5) is 26.4. The summed E-state index contributed by atoms with van der Waals surface area (Å²) in [6.07, 6.45) is 0.880. The summed E-state index contributed by atoms with van der Waals surface area (Å²) in [7, 11) is 0.